The molecule has 1 N–H and O–H groups in total. The van der Waals surface area contributed by atoms with E-state index in [1.54, 1.807) is 11.9 Å². The number of hydrogen-bond donors (Lipinski definition) is 1. The molecule has 34 heavy (non-hydrogen) atoms. The van der Waals surface area contributed by atoms with Crippen LogP contribution in [-0.2, 0) is 29.1 Å². The number of nitrogens with one attached hydrogen (secondary N) is 1. The van der Waals surface area contributed by atoms with Gasteiger partial charge in [-0.3, -0.25) is 9.59 Å². The van der Waals surface area contributed by atoms with Gasteiger partial charge in [0.1, 0.15) is 18.1 Å². The summed E-state index contributed by atoms with van der Waals surface area (Å²) in [4.78, 5) is 31.6. The Morgan fingerprint density at radius 3 is 2.38 bits per heavy atom. The Hall–Kier alpha value is -4.13. The topological polar surface area (TPSA) is 76.5 Å². The number of carbonyl (C=O) groups excluding carboxylic acids is 2. The van der Waals surface area contributed by atoms with Crippen LogP contribution in [0.2, 0.25) is 0 Å². The van der Waals surface area contributed by atoms with E-state index >= 15 is 0 Å². The SMILES string of the molecule is CN(Cc1ccccc1)C(=O)Cn1c(CCNC(=O)COc2ccccc2)nc2ccccc21. The second-order valence-electron chi connectivity index (χ2n) is 8.04. The lowest BCUT2D eigenvalue weighted by atomic mass is 10.2. The number of benzene rings is 3. The summed E-state index contributed by atoms with van der Waals surface area (Å²) in [5, 5.41) is 2.87. The normalized spacial score (nSPS) is 10.7. The van der Waals surface area contributed by atoms with Crippen molar-refractivity contribution in [2.75, 3.05) is 20.2 Å². The van der Waals surface area contributed by atoms with E-state index in [0.717, 1.165) is 22.4 Å². The zero-order valence-electron chi connectivity index (χ0n) is 19.2. The Bertz CT molecular complexity index is 1240. The lowest BCUT2D eigenvalue weighted by Gasteiger charge is -2.19. The van der Waals surface area contributed by atoms with Crippen LogP contribution in [0, 0.1) is 0 Å². The van der Waals surface area contributed by atoms with Gasteiger partial charge in [-0.2, -0.15) is 0 Å². The van der Waals surface area contributed by atoms with Crippen LogP contribution in [0.1, 0.15) is 11.4 Å². The first kappa shape index (κ1) is 23.0. The van der Waals surface area contributed by atoms with Gasteiger partial charge in [-0.25, -0.2) is 4.98 Å². The van der Waals surface area contributed by atoms with Gasteiger partial charge in [0.2, 0.25) is 5.91 Å². The predicted molar refractivity (Wildman–Crippen MR) is 131 cm³/mol. The van der Waals surface area contributed by atoms with E-state index in [1.165, 1.54) is 0 Å². The highest BCUT2D eigenvalue weighted by molar-refractivity contribution is 5.81. The molecule has 0 aliphatic heterocycles. The fourth-order valence-corrected chi connectivity index (χ4v) is 3.72. The molecule has 7 heteroatoms. The minimum atomic E-state index is -0.204. The second-order valence-corrected chi connectivity index (χ2v) is 8.04. The number of ether oxygens (including phenoxy) is 1. The van der Waals surface area contributed by atoms with Gasteiger partial charge in [-0.05, 0) is 29.8 Å². The Morgan fingerprint density at radius 1 is 0.941 bits per heavy atom. The van der Waals surface area contributed by atoms with Crippen molar-refractivity contribution in [3.63, 3.8) is 0 Å². The van der Waals surface area contributed by atoms with Gasteiger partial charge in [-0.15, -0.1) is 0 Å². The summed E-state index contributed by atoms with van der Waals surface area (Å²) in [6.07, 6.45) is 0.501. The zero-order valence-corrected chi connectivity index (χ0v) is 19.2. The molecule has 4 rings (SSSR count). The zero-order chi connectivity index (χ0) is 23.8. The average molecular weight is 457 g/mol. The lowest BCUT2D eigenvalue weighted by molar-refractivity contribution is -0.131. The summed E-state index contributed by atoms with van der Waals surface area (Å²) in [6, 6.07) is 26.9. The van der Waals surface area contributed by atoms with Crippen LogP contribution >= 0.6 is 0 Å². The molecule has 174 valence electrons. The standard InChI is InChI=1S/C27H28N4O3/c1-30(18-21-10-4-2-5-11-21)27(33)19-31-24-15-9-8-14-23(24)29-25(31)16-17-28-26(32)20-34-22-12-6-3-7-13-22/h2-15H,16-20H2,1H3,(H,28,32). The molecule has 0 bridgehead atoms. The molecule has 4 aromatic rings. The smallest absolute Gasteiger partial charge is 0.257 e. The van der Waals surface area contributed by atoms with E-state index in [9.17, 15) is 9.59 Å². The van der Waals surface area contributed by atoms with Crippen molar-refractivity contribution in [2.24, 2.45) is 0 Å². The van der Waals surface area contributed by atoms with E-state index in [-0.39, 0.29) is 25.0 Å². The third-order valence-corrected chi connectivity index (χ3v) is 5.50. The van der Waals surface area contributed by atoms with Gasteiger partial charge < -0.3 is 19.5 Å². The first-order chi connectivity index (χ1) is 16.6. The van der Waals surface area contributed by atoms with Gasteiger partial charge in [0.05, 0.1) is 11.0 Å². The number of nitrogens with zero attached hydrogens (tertiary/aromatic N) is 3. The number of fused-ring (bicyclic) bond motifs is 1. The van der Waals surface area contributed by atoms with E-state index in [2.05, 4.69) is 5.32 Å². The average Bonchev–Trinajstić information content (AvgIpc) is 3.21. The number of rotatable bonds is 10. The van der Waals surface area contributed by atoms with Crippen molar-refractivity contribution < 1.29 is 14.3 Å². The van der Waals surface area contributed by atoms with E-state index in [1.807, 2.05) is 89.5 Å². The summed E-state index contributed by atoms with van der Waals surface area (Å²) in [7, 11) is 1.81. The van der Waals surface area contributed by atoms with Crippen molar-refractivity contribution in [2.45, 2.75) is 19.5 Å². The minimum absolute atomic E-state index is 0.00597. The summed E-state index contributed by atoms with van der Waals surface area (Å²) in [5.41, 5.74) is 2.81. The molecule has 0 spiro atoms. The highest BCUT2D eigenvalue weighted by Gasteiger charge is 2.16. The van der Waals surface area contributed by atoms with Crippen LogP contribution in [-0.4, -0.2) is 46.5 Å². The molecular weight excluding hydrogens is 428 g/mol. The molecule has 0 saturated heterocycles. The molecule has 0 unspecified atom stereocenters. The van der Waals surface area contributed by atoms with Crippen molar-refractivity contribution in [3.8, 4) is 5.75 Å². The maximum atomic E-state index is 13.0. The molecule has 0 fully saturated rings. The quantitative estimate of drug-likeness (QED) is 0.397. The van der Waals surface area contributed by atoms with Gasteiger partial charge >= 0.3 is 0 Å². The summed E-state index contributed by atoms with van der Waals surface area (Å²) in [5.74, 6) is 1.20. The number of para-hydroxylation sites is 3. The molecule has 1 heterocycles. The number of likely N-dealkylation sites (N-methyl/N-ethyl adjacent to an activating group) is 1. The Balaban J connectivity index is 1.37. The summed E-state index contributed by atoms with van der Waals surface area (Å²) < 4.78 is 7.42. The fourth-order valence-electron chi connectivity index (χ4n) is 3.72. The predicted octanol–water partition coefficient (Wildman–Crippen LogP) is 3.43. The lowest BCUT2D eigenvalue weighted by Crippen LogP contribution is -2.32. The highest BCUT2D eigenvalue weighted by atomic mass is 16.5. The monoisotopic (exact) mass is 456 g/mol. The highest BCUT2D eigenvalue weighted by Crippen LogP contribution is 2.17. The first-order valence-corrected chi connectivity index (χ1v) is 11.3. The maximum Gasteiger partial charge on any atom is 0.257 e. The maximum absolute atomic E-state index is 13.0. The molecule has 0 atom stereocenters. The van der Waals surface area contributed by atoms with Crippen LogP contribution in [0.5, 0.6) is 5.75 Å². The first-order valence-electron chi connectivity index (χ1n) is 11.3. The van der Waals surface area contributed by atoms with Crippen LogP contribution in [0.4, 0.5) is 0 Å². The molecule has 0 aliphatic carbocycles. The fraction of sp³-hybridized carbons (Fsp3) is 0.222. The molecular formula is C27H28N4O3. The number of carbonyl (C=O) groups is 2. The van der Waals surface area contributed by atoms with Crippen LogP contribution in [0.15, 0.2) is 84.9 Å². The Morgan fingerprint density at radius 2 is 1.62 bits per heavy atom. The van der Waals surface area contributed by atoms with Crippen molar-refractivity contribution in [3.05, 3.63) is 96.3 Å². The number of aromatic nitrogens is 2. The minimum Gasteiger partial charge on any atom is -0.484 e. The molecule has 3 aromatic carbocycles. The molecule has 1 aromatic heterocycles. The third kappa shape index (κ3) is 6.01. The van der Waals surface area contributed by atoms with Crippen molar-refractivity contribution in [1.82, 2.24) is 19.8 Å². The number of imidazole rings is 1. The second kappa shape index (κ2) is 11.1. The van der Waals surface area contributed by atoms with Crippen LogP contribution in [0.25, 0.3) is 11.0 Å². The largest absolute Gasteiger partial charge is 0.484 e. The van der Waals surface area contributed by atoms with Gasteiger partial charge in [0, 0.05) is 26.6 Å². The van der Waals surface area contributed by atoms with Gasteiger partial charge in [-0.1, -0.05) is 60.7 Å². The van der Waals surface area contributed by atoms with Crippen molar-refractivity contribution in [1.29, 1.82) is 0 Å². The van der Waals surface area contributed by atoms with Crippen LogP contribution < -0.4 is 10.1 Å². The third-order valence-electron chi connectivity index (χ3n) is 5.50. The Kier molecular flexibility index (Phi) is 7.55. The molecule has 7 nitrogen and oxygen atoms in total. The summed E-state index contributed by atoms with van der Waals surface area (Å²) >= 11 is 0. The van der Waals surface area contributed by atoms with E-state index < -0.39 is 0 Å². The van der Waals surface area contributed by atoms with E-state index in [4.69, 9.17) is 9.72 Å². The van der Waals surface area contributed by atoms with E-state index in [0.29, 0.717) is 25.3 Å². The Labute approximate surface area is 199 Å². The number of amides is 2. The molecule has 0 saturated carbocycles. The van der Waals surface area contributed by atoms with Crippen LogP contribution in [0.3, 0.4) is 0 Å². The molecule has 0 aliphatic rings. The van der Waals surface area contributed by atoms with Gasteiger partial charge in [0.15, 0.2) is 6.61 Å². The molecule has 2 amide bonds. The molecule has 0 radical (unpaired) electrons. The van der Waals surface area contributed by atoms with Gasteiger partial charge in [0.25, 0.3) is 5.91 Å². The number of hydrogen-bond acceptors (Lipinski definition) is 4. The van der Waals surface area contributed by atoms with Crippen molar-refractivity contribution >= 4 is 22.8 Å². The summed E-state index contributed by atoms with van der Waals surface area (Å²) in [6.45, 7) is 1.07.